The van der Waals surface area contributed by atoms with Crippen LogP contribution in [0, 0.1) is 0 Å². The molecule has 2 amide bonds. The van der Waals surface area contributed by atoms with Gasteiger partial charge >= 0.3 is 0 Å². The zero-order chi connectivity index (χ0) is 20.3. The fraction of sp³-hybridized carbons (Fsp3) is 0.222. The molecule has 28 heavy (non-hydrogen) atoms. The first-order valence-electron chi connectivity index (χ1n) is 8.34. The van der Waals surface area contributed by atoms with Crippen LogP contribution in [0.4, 0.5) is 0 Å². The summed E-state index contributed by atoms with van der Waals surface area (Å²) in [6, 6.07) is 10.2. The van der Waals surface area contributed by atoms with Crippen LogP contribution in [0.15, 0.2) is 47.4 Å². The fourth-order valence-corrected chi connectivity index (χ4v) is 3.14. The predicted octanol–water partition coefficient (Wildman–Crippen LogP) is 0.670. The highest BCUT2D eigenvalue weighted by molar-refractivity contribution is 7.89. The summed E-state index contributed by atoms with van der Waals surface area (Å²) in [5.41, 5.74) is 1.05. The van der Waals surface area contributed by atoms with Crippen LogP contribution in [0.3, 0.4) is 0 Å². The van der Waals surface area contributed by atoms with Gasteiger partial charge in [-0.1, -0.05) is 12.1 Å². The number of carbonyl (C=O) groups is 2. The van der Waals surface area contributed by atoms with Gasteiger partial charge in [0, 0.05) is 5.56 Å². The molecule has 0 aromatic heterocycles. The van der Waals surface area contributed by atoms with E-state index >= 15 is 0 Å². The molecule has 0 aliphatic carbocycles. The minimum Gasteiger partial charge on any atom is -0.454 e. The third-order valence-corrected chi connectivity index (χ3v) is 5.06. The maximum atomic E-state index is 12.2. The first-order valence-corrected chi connectivity index (χ1v) is 9.88. The Hall–Kier alpha value is -3.11. The molecule has 1 aliphatic heterocycles. The molecule has 3 rings (SSSR count). The topological polar surface area (TPSA) is 137 Å². The Kier molecular flexibility index (Phi) is 5.52. The van der Waals surface area contributed by atoms with Crippen LogP contribution in [0.25, 0.3) is 0 Å². The van der Waals surface area contributed by atoms with Crippen molar-refractivity contribution in [1.82, 2.24) is 10.6 Å². The Morgan fingerprint density at radius 2 is 1.79 bits per heavy atom. The highest BCUT2D eigenvalue weighted by Gasteiger charge is 2.17. The van der Waals surface area contributed by atoms with Gasteiger partial charge in [-0.15, -0.1) is 0 Å². The summed E-state index contributed by atoms with van der Waals surface area (Å²) in [4.78, 5) is 24.3. The van der Waals surface area contributed by atoms with Crippen molar-refractivity contribution in [2.75, 3.05) is 13.3 Å². The van der Waals surface area contributed by atoms with E-state index in [0.29, 0.717) is 22.6 Å². The largest absolute Gasteiger partial charge is 0.454 e. The minimum absolute atomic E-state index is 0.00855. The Labute approximate surface area is 161 Å². The number of ether oxygens (including phenoxy) is 2. The molecule has 0 radical (unpaired) electrons. The minimum atomic E-state index is -3.77. The molecule has 4 N–H and O–H groups in total. The Morgan fingerprint density at radius 1 is 1.11 bits per heavy atom. The van der Waals surface area contributed by atoms with E-state index in [0.717, 1.165) is 0 Å². The van der Waals surface area contributed by atoms with Gasteiger partial charge in [-0.3, -0.25) is 9.59 Å². The van der Waals surface area contributed by atoms with Crippen molar-refractivity contribution in [2.45, 2.75) is 17.9 Å². The second-order valence-corrected chi connectivity index (χ2v) is 7.72. The molecule has 9 nitrogen and oxygen atoms in total. The molecule has 0 bridgehead atoms. The molecule has 1 heterocycles. The molecule has 1 atom stereocenters. The molecule has 0 saturated carbocycles. The molecular formula is C18H19N3O6S. The summed E-state index contributed by atoms with van der Waals surface area (Å²) in [6.07, 6.45) is 0. The quantitative estimate of drug-likeness (QED) is 0.646. The maximum absolute atomic E-state index is 12.2. The van der Waals surface area contributed by atoms with Crippen molar-refractivity contribution in [3.05, 3.63) is 53.6 Å². The SMILES string of the molecule is CC(NC(=O)CNC(=O)c1ccc2c(c1)OCO2)c1ccc(S(N)(=O)=O)cc1. The maximum Gasteiger partial charge on any atom is 0.251 e. The third kappa shape index (κ3) is 4.59. The van der Waals surface area contributed by atoms with Crippen molar-refractivity contribution < 1.29 is 27.5 Å². The highest BCUT2D eigenvalue weighted by Crippen LogP contribution is 2.32. The summed E-state index contributed by atoms with van der Waals surface area (Å²) < 4.78 is 33.0. The lowest BCUT2D eigenvalue weighted by atomic mass is 10.1. The van der Waals surface area contributed by atoms with Crippen molar-refractivity contribution in [2.24, 2.45) is 5.14 Å². The smallest absolute Gasteiger partial charge is 0.251 e. The second kappa shape index (κ2) is 7.87. The Morgan fingerprint density at radius 3 is 2.46 bits per heavy atom. The number of nitrogens with one attached hydrogen (secondary N) is 2. The number of benzene rings is 2. The average Bonchev–Trinajstić information content (AvgIpc) is 3.13. The van der Waals surface area contributed by atoms with Crippen molar-refractivity contribution in [3.8, 4) is 11.5 Å². The summed E-state index contributed by atoms with van der Waals surface area (Å²) >= 11 is 0. The van der Waals surface area contributed by atoms with E-state index in [1.807, 2.05) is 0 Å². The molecule has 1 unspecified atom stereocenters. The number of sulfonamides is 1. The van der Waals surface area contributed by atoms with Gasteiger partial charge in [0.05, 0.1) is 17.5 Å². The average molecular weight is 405 g/mol. The lowest BCUT2D eigenvalue weighted by Crippen LogP contribution is -2.38. The first-order chi connectivity index (χ1) is 13.2. The van der Waals surface area contributed by atoms with Gasteiger partial charge in [-0.05, 0) is 42.8 Å². The van der Waals surface area contributed by atoms with E-state index in [-0.39, 0.29) is 24.3 Å². The van der Waals surface area contributed by atoms with Gasteiger partial charge < -0.3 is 20.1 Å². The highest BCUT2D eigenvalue weighted by atomic mass is 32.2. The zero-order valence-electron chi connectivity index (χ0n) is 15.0. The van der Waals surface area contributed by atoms with E-state index in [1.54, 1.807) is 37.3 Å². The van der Waals surface area contributed by atoms with E-state index in [2.05, 4.69) is 10.6 Å². The molecule has 0 spiro atoms. The van der Waals surface area contributed by atoms with E-state index in [9.17, 15) is 18.0 Å². The number of nitrogens with two attached hydrogens (primary N) is 1. The normalized spacial score (nSPS) is 13.6. The summed E-state index contributed by atoms with van der Waals surface area (Å²) in [7, 11) is -3.77. The third-order valence-electron chi connectivity index (χ3n) is 4.13. The molecular weight excluding hydrogens is 386 g/mol. The fourth-order valence-electron chi connectivity index (χ4n) is 2.62. The van der Waals surface area contributed by atoms with Crippen LogP contribution in [0.2, 0.25) is 0 Å². The number of rotatable bonds is 6. The second-order valence-electron chi connectivity index (χ2n) is 6.15. The standard InChI is InChI=1S/C18H19N3O6S/c1-11(12-2-5-14(6-3-12)28(19,24)25)21-17(22)9-20-18(23)13-4-7-15-16(8-13)27-10-26-15/h2-8,11H,9-10H2,1H3,(H,20,23)(H,21,22)(H2,19,24,25). The van der Waals surface area contributed by atoms with Crippen LogP contribution in [-0.4, -0.2) is 33.6 Å². The lowest BCUT2D eigenvalue weighted by Gasteiger charge is -2.15. The van der Waals surface area contributed by atoms with Gasteiger partial charge in [0.25, 0.3) is 5.91 Å². The monoisotopic (exact) mass is 405 g/mol. The van der Waals surface area contributed by atoms with Crippen LogP contribution in [0.5, 0.6) is 11.5 Å². The van der Waals surface area contributed by atoms with Crippen LogP contribution >= 0.6 is 0 Å². The molecule has 1 aliphatic rings. The molecule has 10 heteroatoms. The Bertz CT molecular complexity index is 1000. The summed E-state index contributed by atoms with van der Waals surface area (Å²) in [5.74, 6) is 0.237. The van der Waals surface area contributed by atoms with Crippen molar-refractivity contribution in [1.29, 1.82) is 0 Å². The van der Waals surface area contributed by atoms with Gasteiger partial charge in [0.2, 0.25) is 22.7 Å². The van der Waals surface area contributed by atoms with Crippen LogP contribution in [-0.2, 0) is 14.8 Å². The van der Waals surface area contributed by atoms with Gasteiger partial charge in [-0.25, -0.2) is 13.6 Å². The summed E-state index contributed by atoms with van der Waals surface area (Å²) in [6.45, 7) is 1.63. The van der Waals surface area contributed by atoms with Crippen molar-refractivity contribution >= 4 is 21.8 Å². The van der Waals surface area contributed by atoms with E-state index < -0.39 is 21.8 Å². The van der Waals surface area contributed by atoms with E-state index in [1.165, 1.54) is 12.1 Å². The molecule has 2 aromatic carbocycles. The van der Waals surface area contributed by atoms with Gasteiger partial charge in [0.15, 0.2) is 11.5 Å². The molecule has 0 fully saturated rings. The van der Waals surface area contributed by atoms with E-state index in [4.69, 9.17) is 14.6 Å². The Balaban J connectivity index is 1.53. The van der Waals surface area contributed by atoms with Crippen molar-refractivity contribution in [3.63, 3.8) is 0 Å². The van der Waals surface area contributed by atoms with Gasteiger partial charge in [0.1, 0.15) is 0 Å². The number of carbonyl (C=O) groups excluding carboxylic acids is 2. The van der Waals surface area contributed by atoms with Gasteiger partial charge in [-0.2, -0.15) is 0 Å². The summed E-state index contributed by atoms with van der Waals surface area (Å²) in [5, 5.41) is 10.3. The molecule has 2 aromatic rings. The number of fused-ring (bicyclic) bond motifs is 1. The first kappa shape index (κ1) is 19.6. The zero-order valence-corrected chi connectivity index (χ0v) is 15.8. The number of primary sulfonamides is 1. The molecule has 148 valence electrons. The number of hydrogen-bond acceptors (Lipinski definition) is 6. The number of amides is 2. The lowest BCUT2D eigenvalue weighted by molar-refractivity contribution is -0.120. The molecule has 0 saturated heterocycles. The van der Waals surface area contributed by atoms with Crippen LogP contribution in [0.1, 0.15) is 28.9 Å². The van der Waals surface area contributed by atoms with Crippen LogP contribution < -0.4 is 25.2 Å². The predicted molar refractivity (Wildman–Crippen MR) is 99.3 cm³/mol. The number of hydrogen-bond donors (Lipinski definition) is 3.